The zero-order valence-electron chi connectivity index (χ0n) is 17.2. The summed E-state index contributed by atoms with van der Waals surface area (Å²) in [4.78, 5) is 12.1. The Bertz CT molecular complexity index is 1080. The summed E-state index contributed by atoms with van der Waals surface area (Å²) in [6, 6.07) is 8.10. The van der Waals surface area contributed by atoms with Gasteiger partial charge in [0.1, 0.15) is 11.2 Å². The molecule has 0 aliphatic carbocycles. The normalized spacial score (nSPS) is 15.2. The molecule has 31 heavy (non-hydrogen) atoms. The number of benzene rings is 2. The number of aryl methyl sites for hydroxylation is 1. The van der Waals surface area contributed by atoms with Gasteiger partial charge < -0.3 is 19.7 Å². The van der Waals surface area contributed by atoms with E-state index in [4.69, 9.17) is 14.8 Å². The number of rotatable bonds is 7. The van der Waals surface area contributed by atoms with E-state index in [0.717, 1.165) is 61.3 Å². The molecule has 0 radical (unpaired) electrons. The fourth-order valence-corrected chi connectivity index (χ4v) is 4.60. The van der Waals surface area contributed by atoms with Crippen LogP contribution in [-0.2, 0) is 10.1 Å². The Hall–Kier alpha value is -3.34. The number of piperidine rings is 1. The van der Waals surface area contributed by atoms with Crippen molar-refractivity contribution in [3.8, 4) is 11.5 Å². The number of hydrogen-bond donors (Lipinski definition) is 1. The second-order valence-electron chi connectivity index (χ2n) is 7.25. The number of ether oxygens (including phenoxy) is 1. The van der Waals surface area contributed by atoms with Gasteiger partial charge in [0.2, 0.25) is 0 Å². The third-order valence-electron chi connectivity index (χ3n) is 5.17. The molecule has 2 N–H and O–H groups in total. The van der Waals surface area contributed by atoms with E-state index < -0.39 is 15.0 Å². The molecule has 10 nitrogen and oxygen atoms in total. The van der Waals surface area contributed by atoms with Crippen molar-refractivity contribution in [2.24, 2.45) is 10.9 Å². The molecule has 1 heterocycles. The molecule has 0 atom stereocenters. The van der Waals surface area contributed by atoms with E-state index in [-0.39, 0.29) is 22.3 Å². The zero-order chi connectivity index (χ0) is 22.6. The number of nitrogens with two attached hydrogens (primary N) is 1. The highest BCUT2D eigenvalue weighted by Gasteiger charge is 2.27. The summed E-state index contributed by atoms with van der Waals surface area (Å²) < 4.78 is 36.5. The molecular weight excluding hydrogens is 424 g/mol. The van der Waals surface area contributed by atoms with Crippen molar-refractivity contribution in [1.82, 2.24) is 4.90 Å². The minimum absolute atomic E-state index is 0.0850. The minimum atomic E-state index is -4.21. The number of hydrazone groups is 1. The van der Waals surface area contributed by atoms with Gasteiger partial charge in [0.25, 0.3) is 5.69 Å². The van der Waals surface area contributed by atoms with Crippen LogP contribution in [0.5, 0.6) is 11.5 Å². The van der Waals surface area contributed by atoms with E-state index in [1.165, 1.54) is 7.11 Å². The third-order valence-corrected chi connectivity index (χ3v) is 6.42. The van der Waals surface area contributed by atoms with Gasteiger partial charge >= 0.3 is 10.1 Å². The zero-order valence-corrected chi connectivity index (χ0v) is 18.0. The van der Waals surface area contributed by atoms with Crippen LogP contribution in [0.25, 0.3) is 0 Å². The van der Waals surface area contributed by atoms with Crippen molar-refractivity contribution < 1.29 is 22.3 Å². The number of nitrogens with zero attached hydrogens (tertiary/aromatic N) is 3. The van der Waals surface area contributed by atoms with Crippen LogP contribution in [0.1, 0.15) is 29.9 Å². The first kappa shape index (κ1) is 22.3. The van der Waals surface area contributed by atoms with Crippen molar-refractivity contribution >= 4 is 22.1 Å². The van der Waals surface area contributed by atoms with Gasteiger partial charge in [0.15, 0.2) is 11.5 Å². The lowest BCUT2D eigenvalue weighted by atomic mass is 9.88. The molecule has 2 aromatic carbocycles. The molecule has 1 fully saturated rings. The minimum Gasteiger partial charge on any atom is -0.492 e. The number of nitro groups is 1. The van der Waals surface area contributed by atoms with E-state index in [2.05, 4.69) is 5.10 Å². The van der Waals surface area contributed by atoms with Gasteiger partial charge in [-0.05, 0) is 49.4 Å². The molecule has 0 spiro atoms. The Morgan fingerprint density at radius 2 is 1.87 bits per heavy atom. The molecule has 0 bridgehead atoms. The second-order valence-corrected chi connectivity index (χ2v) is 8.80. The predicted molar refractivity (Wildman–Crippen MR) is 115 cm³/mol. The molecule has 1 aliphatic heterocycles. The van der Waals surface area contributed by atoms with Gasteiger partial charge in [0, 0.05) is 30.8 Å². The maximum Gasteiger partial charge on any atom is 0.339 e. The van der Waals surface area contributed by atoms with Crippen LogP contribution in [0, 0.1) is 17.0 Å². The number of hydrogen-bond acceptors (Lipinski definition) is 8. The summed E-state index contributed by atoms with van der Waals surface area (Å²) in [6.07, 6.45) is 3.25. The average Bonchev–Trinajstić information content (AvgIpc) is 2.74. The molecule has 0 aromatic heterocycles. The Morgan fingerprint density at radius 1 is 1.23 bits per heavy atom. The fraction of sp³-hybridized carbons (Fsp3) is 0.350. The third kappa shape index (κ3) is 5.05. The van der Waals surface area contributed by atoms with Gasteiger partial charge in [0.05, 0.1) is 12.0 Å². The first-order chi connectivity index (χ1) is 14.7. The largest absolute Gasteiger partial charge is 0.492 e. The lowest BCUT2D eigenvalue weighted by molar-refractivity contribution is -0.384. The highest BCUT2D eigenvalue weighted by atomic mass is 32.2. The molecule has 1 saturated heterocycles. The second kappa shape index (κ2) is 9.21. The Balaban J connectivity index is 1.90. The predicted octanol–water partition coefficient (Wildman–Crippen LogP) is 2.76. The van der Waals surface area contributed by atoms with E-state index in [0.29, 0.717) is 5.75 Å². The molecule has 3 rings (SSSR count). The summed E-state index contributed by atoms with van der Waals surface area (Å²) in [7, 11) is -2.74. The molecule has 0 saturated carbocycles. The van der Waals surface area contributed by atoms with Crippen molar-refractivity contribution in [3.05, 3.63) is 57.6 Å². The molecule has 0 amide bonds. The summed E-state index contributed by atoms with van der Waals surface area (Å²) >= 11 is 0. The van der Waals surface area contributed by atoms with Gasteiger partial charge in [-0.1, -0.05) is 6.07 Å². The SMILES string of the molecule is COc1c(OS(=O)(=O)c2ccc([N+](=O)[O-])cc2)cc(C)cc1C1CCN(C=NN)CC1. The first-order valence-corrected chi connectivity index (χ1v) is 11.0. The van der Waals surface area contributed by atoms with Gasteiger partial charge in [-0.15, -0.1) is 0 Å². The van der Waals surface area contributed by atoms with E-state index in [1.54, 1.807) is 12.4 Å². The summed E-state index contributed by atoms with van der Waals surface area (Å²) in [5.74, 6) is 5.82. The number of likely N-dealkylation sites (tertiary alicyclic amines) is 1. The summed E-state index contributed by atoms with van der Waals surface area (Å²) in [5, 5.41) is 14.4. The van der Waals surface area contributed by atoms with Crippen LogP contribution in [0.3, 0.4) is 0 Å². The summed E-state index contributed by atoms with van der Waals surface area (Å²) in [5.41, 5.74) is 1.50. The van der Waals surface area contributed by atoms with Crippen LogP contribution in [0.4, 0.5) is 5.69 Å². The fourth-order valence-electron chi connectivity index (χ4n) is 3.67. The van der Waals surface area contributed by atoms with Crippen molar-refractivity contribution in [1.29, 1.82) is 0 Å². The highest BCUT2D eigenvalue weighted by Crippen LogP contribution is 2.41. The Morgan fingerprint density at radius 3 is 2.42 bits per heavy atom. The Labute approximate surface area is 180 Å². The topological polar surface area (TPSA) is 137 Å². The van der Waals surface area contributed by atoms with Crippen LogP contribution in [0.2, 0.25) is 0 Å². The van der Waals surface area contributed by atoms with Crippen LogP contribution in [-0.4, -0.2) is 44.8 Å². The molecule has 1 aliphatic rings. The van der Waals surface area contributed by atoms with Gasteiger partial charge in [-0.3, -0.25) is 10.1 Å². The number of non-ortho nitro benzene ring substituents is 1. The molecule has 166 valence electrons. The van der Waals surface area contributed by atoms with Crippen molar-refractivity contribution in [2.45, 2.75) is 30.6 Å². The average molecular weight is 449 g/mol. The standard InChI is InChI=1S/C20H24N4O6S/c1-14-11-18(15-7-9-23(10-8-15)13-22-21)20(29-2)19(12-14)30-31(27,28)17-5-3-16(4-6-17)24(25)26/h3-6,11-13,15H,7-10,21H2,1-2H3. The first-order valence-electron chi connectivity index (χ1n) is 9.60. The van der Waals surface area contributed by atoms with Crippen LogP contribution in [0.15, 0.2) is 46.4 Å². The molecule has 2 aromatic rings. The molecule has 0 unspecified atom stereocenters. The maximum atomic E-state index is 12.8. The lowest BCUT2D eigenvalue weighted by Gasteiger charge is -2.31. The number of methoxy groups -OCH3 is 1. The van der Waals surface area contributed by atoms with Crippen molar-refractivity contribution in [2.75, 3.05) is 20.2 Å². The van der Waals surface area contributed by atoms with Crippen LogP contribution >= 0.6 is 0 Å². The monoisotopic (exact) mass is 448 g/mol. The Kier molecular flexibility index (Phi) is 6.64. The smallest absolute Gasteiger partial charge is 0.339 e. The lowest BCUT2D eigenvalue weighted by Crippen LogP contribution is -2.32. The maximum absolute atomic E-state index is 12.8. The quantitative estimate of drug-likeness (QED) is 0.170. The highest BCUT2D eigenvalue weighted by molar-refractivity contribution is 7.87. The molecule has 11 heteroatoms. The van der Waals surface area contributed by atoms with E-state index >= 15 is 0 Å². The van der Waals surface area contributed by atoms with Gasteiger partial charge in [-0.25, -0.2) is 0 Å². The number of nitro benzene ring substituents is 1. The van der Waals surface area contributed by atoms with Crippen molar-refractivity contribution in [3.63, 3.8) is 0 Å². The van der Waals surface area contributed by atoms with E-state index in [1.807, 2.05) is 17.9 Å². The molecular formula is C20H24N4O6S. The van der Waals surface area contributed by atoms with E-state index in [9.17, 15) is 18.5 Å². The van der Waals surface area contributed by atoms with Gasteiger partial charge in [-0.2, -0.15) is 13.5 Å². The van der Waals surface area contributed by atoms with Crippen LogP contribution < -0.4 is 14.8 Å². The summed E-state index contributed by atoms with van der Waals surface area (Å²) in [6.45, 7) is 3.38.